The van der Waals surface area contributed by atoms with E-state index in [2.05, 4.69) is 25.1 Å². The lowest BCUT2D eigenvalue weighted by Crippen LogP contribution is -2.32. The second-order valence-electron chi connectivity index (χ2n) is 6.95. The second kappa shape index (κ2) is 4.84. The van der Waals surface area contributed by atoms with Gasteiger partial charge in [-0.15, -0.1) is 0 Å². The van der Waals surface area contributed by atoms with Crippen LogP contribution in [0.5, 0.6) is 5.75 Å². The summed E-state index contributed by atoms with van der Waals surface area (Å²) in [6.07, 6.45) is 7.95. The normalized spacial score (nSPS) is 26.8. The molecule has 22 heavy (non-hydrogen) atoms. The highest BCUT2D eigenvalue weighted by Crippen LogP contribution is 2.55. The van der Waals surface area contributed by atoms with Crippen LogP contribution in [0.1, 0.15) is 50.2 Å². The molecule has 0 N–H and O–H groups in total. The number of ether oxygens (including phenoxy) is 1. The molecule has 0 spiro atoms. The standard InChI is InChI=1S/C20H22O2/c1-20-10-9-15(21)12-14(20)4-6-18-17-7-5-16(22-2)11-13(17)3-8-19(18)20/h5,7,11-12H,3-4,6,8-10H2,1-2H3/t20-/m0/s1. The van der Waals surface area contributed by atoms with Gasteiger partial charge in [-0.3, -0.25) is 4.79 Å². The Morgan fingerprint density at radius 1 is 1.09 bits per heavy atom. The molecule has 0 bridgehead atoms. The van der Waals surface area contributed by atoms with E-state index in [9.17, 15) is 4.79 Å². The van der Waals surface area contributed by atoms with E-state index in [1.54, 1.807) is 12.7 Å². The third-order valence-corrected chi connectivity index (χ3v) is 5.87. The molecule has 0 aromatic heterocycles. The van der Waals surface area contributed by atoms with Crippen molar-refractivity contribution in [3.05, 3.63) is 46.5 Å². The lowest BCUT2D eigenvalue weighted by Gasteiger charge is -2.45. The summed E-state index contributed by atoms with van der Waals surface area (Å²) in [5.41, 5.74) is 7.46. The maximum absolute atomic E-state index is 11.8. The molecule has 0 unspecified atom stereocenters. The minimum atomic E-state index is 0.124. The largest absolute Gasteiger partial charge is 0.497 e. The lowest BCUT2D eigenvalue weighted by molar-refractivity contribution is -0.115. The highest BCUT2D eigenvalue weighted by atomic mass is 16.5. The summed E-state index contributed by atoms with van der Waals surface area (Å²) in [4.78, 5) is 11.8. The van der Waals surface area contributed by atoms with Gasteiger partial charge in [-0.05, 0) is 67.0 Å². The number of carbonyl (C=O) groups excluding carboxylic acids is 1. The molecule has 1 atom stereocenters. The number of hydrogen-bond acceptors (Lipinski definition) is 2. The Hall–Kier alpha value is -1.83. The molecule has 1 aromatic carbocycles. The first kappa shape index (κ1) is 13.8. The van der Waals surface area contributed by atoms with Gasteiger partial charge in [0.25, 0.3) is 0 Å². The van der Waals surface area contributed by atoms with Crippen LogP contribution < -0.4 is 4.74 Å². The third kappa shape index (κ3) is 1.89. The fourth-order valence-electron chi connectivity index (χ4n) is 4.58. The van der Waals surface area contributed by atoms with Crippen LogP contribution in [0, 0.1) is 5.41 Å². The molecule has 114 valence electrons. The van der Waals surface area contributed by atoms with Crippen LogP contribution in [0.4, 0.5) is 0 Å². The summed E-state index contributed by atoms with van der Waals surface area (Å²) in [6, 6.07) is 6.50. The molecule has 0 heterocycles. The maximum Gasteiger partial charge on any atom is 0.155 e. The minimum absolute atomic E-state index is 0.124. The van der Waals surface area contributed by atoms with Crippen LogP contribution >= 0.6 is 0 Å². The van der Waals surface area contributed by atoms with Crippen molar-refractivity contribution in [2.45, 2.75) is 45.4 Å². The predicted octanol–water partition coefficient (Wildman–Crippen LogP) is 4.48. The third-order valence-electron chi connectivity index (χ3n) is 5.87. The first-order chi connectivity index (χ1) is 10.6. The van der Waals surface area contributed by atoms with Gasteiger partial charge in [0, 0.05) is 11.8 Å². The van der Waals surface area contributed by atoms with E-state index in [1.807, 2.05) is 6.08 Å². The van der Waals surface area contributed by atoms with Gasteiger partial charge >= 0.3 is 0 Å². The Morgan fingerprint density at radius 2 is 1.95 bits per heavy atom. The van der Waals surface area contributed by atoms with Crippen molar-refractivity contribution >= 4 is 11.4 Å². The lowest BCUT2D eigenvalue weighted by atomic mass is 9.59. The van der Waals surface area contributed by atoms with Gasteiger partial charge in [0.05, 0.1) is 7.11 Å². The van der Waals surface area contributed by atoms with Crippen molar-refractivity contribution in [1.82, 2.24) is 0 Å². The van der Waals surface area contributed by atoms with Gasteiger partial charge in [-0.2, -0.15) is 0 Å². The van der Waals surface area contributed by atoms with E-state index in [-0.39, 0.29) is 5.41 Å². The van der Waals surface area contributed by atoms with E-state index in [0.717, 1.165) is 37.9 Å². The van der Waals surface area contributed by atoms with Gasteiger partial charge in [-0.1, -0.05) is 24.1 Å². The molecule has 0 amide bonds. The molecule has 0 saturated carbocycles. The first-order valence-electron chi connectivity index (χ1n) is 8.25. The van der Waals surface area contributed by atoms with Crippen molar-refractivity contribution in [2.75, 3.05) is 7.11 Å². The zero-order valence-corrected chi connectivity index (χ0v) is 13.4. The van der Waals surface area contributed by atoms with Crippen molar-refractivity contribution < 1.29 is 9.53 Å². The summed E-state index contributed by atoms with van der Waals surface area (Å²) in [5, 5.41) is 0. The maximum atomic E-state index is 11.8. The zero-order valence-electron chi connectivity index (χ0n) is 13.4. The summed E-state index contributed by atoms with van der Waals surface area (Å²) >= 11 is 0. The number of allylic oxidation sites excluding steroid dienone is 4. The fourth-order valence-corrected chi connectivity index (χ4v) is 4.58. The molecule has 0 saturated heterocycles. The second-order valence-corrected chi connectivity index (χ2v) is 6.95. The number of hydrogen-bond donors (Lipinski definition) is 0. The summed E-state index contributed by atoms with van der Waals surface area (Å²) in [6.45, 7) is 2.36. The van der Waals surface area contributed by atoms with Crippen LogP contribution in [-0.4, -0.2) is 12.9 Å². The number of rotatable bonds is 1. The number of fused-ring (bicyclic) bond motifs is 4. The predicted molar refractivity (Wildman–Crippen MR) is 87.9 cm³/mol. The number of aryl methyl sites for hydroxylation is 1. The Morgan fingerprint density at radius 3 is 2.77 bits per heavy atom. The average molecular weight is 294 g/mol. The molecule has 0 radical (unpaired) electrons. The number of ketones is 1. The monoisotopic (exact) mass is 294 g/mol. The quantitative estimate of drug-likeness (QED) is 0.763. The molecule has 0 fully saturated rings. The van der Waals surface area contributed by atoms with E-state index < -0.39 is 0 Å². The fraction of sp³-hybridized carbons (Fsp3) is 0.450. The average Bonchev–Trinajstić information content (AvgIpc) is 2.54. The highest BCUT2D eigenvalue weighted by Gasteiger charge is 2.41. The molecular formula is C20H22O2. The van der Waals surface area contributed by atoms with Gasteiger partial charge in [0.1, 0.15) is 5.75 Å². The number of methoxy groups -OCH3 is 1. The topological polar surface area (TPSA) is 26.3 Å². The van der Waals surface area contributed by atoms with Crippen LogP contribution in [0.3, 0.4) is 0 Å². The zero-order chi connectivity index (χ0) is 15.3. The van der Waals surface area contributed by atoms with E-state index >= 15 is 0 Å². The molecule has 2 heteroatoms. The Bertz CT molecular complexity index is 723. The van der Waals surface area contributed by atoms with E-state index in [1.165, 1.54) is 22.3 Å². The van der Waals surface area contributed by atoms with Crippen LogP contribution in [-0.2, 0) is 11.2 Å². The van der Waals surface area contributed by atoms with Gasteiger partial charge in [0.15, 0.2) is 5.78 Å². The number of benzene rings is 1. The SMILES string of the molecule is COc1ccc2c(c1)CCC1=C2CCC2=CC(=O)CC[C@@]21C. The Labute approximate surface area is 131 Å². The van der Waals surface area contributed by atoms with E-state index in [0.29, 0.717) is 12.2 Å². The van der Waals surface area contributed by atoms with E-state index in [4.69, 9.17) is 4.74 Å². The summed E-state index contributed by atoms with van der Waals surface area (Å²) in [5.74, 6) is 1.27. The van der Waals surface area contributed by atoms with Crippen molar-refractivity contribution in [2.24, 2.45) is 5.41 Å². The number of carbonyl (C=O) groups is 1. The molecule has 3 aliphatic carbocycles. The van der Waals surface area contributed by atoms with Crippen LogP contribution in [0.2, 0.25) is 0 Å². The molecule has 2 nitrogen and oxygen atoms in total. The van der Waals surface area contributed by atoms with Crippen molar-refractivity contribution in [3.8, 4) is 5.75 Å². The molecule has 4 rings (SSSR count). The minimum Gasteiger partial charge on any atom is -0.497 e. The van der Waals surface area contributed by atoms with Gasteiger partial charge < -0.3 is 4.74 Å². The van der Waals surface area contributed by atoms with Gasteiger partial charge in [0.2, 0.25) is 0 Å². The Balaban J connectivity index is 1.84. The van der Waals surface area contributed by atoms with Crippen molar-refractivity contribution in [3.63, 3.8) is 0 Å². The summed E-state index contributed by atoms with van der Waals surface area (Å²) in [7, 11) is 1.73. The molecule has 1 aromatic rings. The smallest absolute Gasteiger partial charge is 0.155 e. The highest BCUT2D eigenvalue weighted by molar-refractivity contribution is 5.92. The molecule has 3 aliphatic rings. The van der Waals surface area contributed by atoms with Gasteiger partial charge in [-0.25, -0.2) is 0 Å². The van der Waals surface area contributed by atoms with Crippen LogP contribution in [0.25, 0.3) is 5.57 Å². The molecule has 0 aliphatic heterocycles. The Kier molecular flexibility index (Phi) is 3.04. The van der Waals surface area contributed by atoms with Crippen LogP contribution in [0.15, 0.2) is 35.4 Å². The first-order valence-corrected chi connectivity index (χ1v) is 8.25. The molecular weight excluding hydrogens is 272 g/mol. The van der Waals surface area contributed by atoms with Crippen molar-refractivity contribution in [1.29, 1.82) is 0 Å². The summed E-state index contributed by atoms with van der Waals surface area (Å²) < 4.78 is 5.37.